The molecular formula is C23H22N4O5S2. The fourth-order valence-corrected chi connectivity index (χ4v) is 4.26. The summed E-state index contributed by atoms with van der Waals surface area (Å²) in [6, 6.07) is 16.4. The van der Waals surface area contributed by atoms with Crippen LogP contribution in [-0.4, -0.2) is 42.6 Å². The molecule has 2 aromatic carbocycles. The number of aryl methyl sites for hydroxylation is 1. The molecule has 0 aliphatic heterocycles. The topological polar surface area (TPSA) is 131 Å². The predicted octanol–water partition coefficient (Wildman–Crippen LogP) is 3.64. The first kappa shape index (κ1) is 24.9. The van der Waals surface area contributed by atoms with Crippen LogP contribution in [0.2, 0.25) is 0 Å². The van der Waals surface area contributed by atoms with Gasteiger partial charge in [0.1, 0.15) is 36.4 Å². The SMILES string of the molecule is CCS(=O)(=O)c1nsc(NC(=O)/C(C#N)=C\c2ccc(OCCOc3cccc(C)c3)cc2)n1. The summed E-state index contributed by atoms with van der Waals surface area (Å²) >= 11 is 0.729. The summed E-state index contributed by atoms with van der Waals surface area (Å²) in [5.41, 5.74) is 1.56. The van der Waals surface area contributed by atoms with E-state index in [0.29, 0.717) is 24.5 Å². The summed E-state index contributed by atoms with van der Waals surface area (Å²) < 4.78 is 38.7. The Balaban J connectivity index is 1.55. The largest absolute Gasteiger partial charge is 0.490 e. The third-order valence-electron chi connectivity index (χ3n) is 4.45. The van der Waals surface area contributed by atoms with Crippen LogP contribution >= 0.6 is 11.5 Å². The second kappa shape index (κ2) is 11.4. The van der Waals surface area contributed by atoms with Gasteiger partial charge in [0.25, 0.3) is 11.1 Å². The normalized spacial score (nSPS) is 11.5. The summed E-state index contributed by atoms with van der Waals surface area (Å²) in [6.07, 6.45) is 1.41. The van der Waals surface area contributed by atoms with E-state index in [9.17, 15) is 18.5 Å². The number of amides is 1. The zero-order valence-corrected chi connectivity index (χ0v) is 20.1. The van der Waals surface area contributed by atoms with Crippen LogP contribution < -0.4 is 14.8 Å². The van der Waals surface area contributed by atoms with Crippen molar-refractivity contribution in [3.8, 4) is 17.6 Å². The van der Waals surface area contributed by atoms with E-state index in [-0.39, 0.29) is 21.6 Å². The summed E-state index contributed by atoms with van der Waals surface area (Å²) in [5, 5.41) is 11.4. The first-order valence-electron chi connectivity index (χ1n) is 10.2. The minimum absolute atomic E-state index is 0.00481. The van der Waals surface area contributed by atoms with Crippen LogP contribution in [0.3, 0.4) is 0 Å². The van der Waals surface area contributed by atoms with E-state index in [0.717, 1.165) is 22.8 Å². The number of ether oxygens (including phenoxy) is 2. The van der Waals surface area contributed by atoms with E-state index in [1.54, 1.807) is 24.3 Å². The molecular weight excluding hydrogens is 476 g/mol. The van der Waals surface area contributed by atoms with E-state index in [4.69, 9.17) is 9.47 Å². The number of nitriles is 1. The van der Waals surface area contributed by atoms with Gasteiger partial charge in [-0.2, -0.15) is 14.6 Å². The highest BCUT2D eigenvalue weighted by atomic mass is 32.2. The highest BCUT2D eigenvalue weighted by Gasteiger charge is 2.20. The number of sulfone groups is 1. The fraction of sp³-hybridized carbons (Fsp3) is 0.217. The number of rotatable bonds is 10. The lowest BCUT2D eigenvalue weighted by molar-refractivity contribution is -0.112. The van der Waals surface area contributed by atoms with Crippen LogP contribution in [0.4, 0.5) is 5.13 Å². The molecule has 0 saturated heterocycles. The number of nitrogens with zero attached hydrogens (tertiary/aromatic N) is 3. The molecule has 0 unspecified atom stereocenters. The van der Waals surface area contributed by atoms with Gasteiger partial charge in [-0.25, -0.2) is 8.42 Å². The van der Waals surface area contributed by atoms with Crippen LogP contribution in [0, 0.1) is 18.3 Å². The molecule has 3 rings (SSSR count). The van der Waals surface area contributed by atoms with Gasteiger partial charge in [-0.15, -0.1) is 0 Å². The van der Waals surface area contributed by atoms with Gasteiger partial charge in [-0.3, -0.25) is 10.1 Å². The molecule has 0 atom stereocenters. The highest BCUT2D eigenvalue weighted by Crippen LogP contribution is 2.19. The molecule has 0 bridgehead atoms. The minimum Gasteiger partial charge on any atom is -0.490 e. The van der Waals surface area contributed by atoms with E-state index in [1.807, 2.05) is 37.3 Å². The molecule has 0 aliphatic rings. The Bertz CT molecular complexity index is 1330. The van der Waals surface area contributed by atoms with Crippen LogP contribution in [0.25, 0.3) is 6.08 Å². The maximum absolute atomic E-state index is 12.4. The first-order valence-corrected chi connectivity index (χ1v) is 12.6. The van der Waals surface area contributed by atoms with Crippen molar-refractivity contribution >= 4 is 38.5 Å². The predicted molar refractivity (Wildman–Crippen MR) is 128 cm³/mol. The highest BCUT2D eigenvalue weighted by molar-refractivity contribution is 7.91. The van der Waals surface area contributed by atoms with Crippen LogP contribution in [0.15, 0.2) is 59.3 Å². The van der Waals surface area contributed by atoms with Gasteiger partial charge in [-0.05, 0) is 48.4 Å². The van der Waals surface area contributed by atoms with Gasteiger partial charge in [0.05, 0.1) is 5.75 Å². The third-order valence-corrected chi connectivity index (χ3v) is 6.70. The standard InChI is InChI=1S/C23H22N4O5S2/c1-3-34(29,30)23-26-22(33-27-23)25-21(28)18(15-24)14-17-7-9-19(10-8-17)31-11-12-32-20-6-4-5-16(2)13-20/h4-10,13-14H,3,11-12H2,1-2H3,(H,25,26,27,28)/b18-14-. The van der Waals surface area contributed by atoms with E-state index in [1.165, 1.54) is 13.0 Å². The Morgan fingerprint density at radius 3 is 2.50 bits per heavy atom. The van der Waals surface area contributed by atoms with Crippen molar-refractivity contribution in [3.63, 3.8) is 0 Å². The lowest BCUT2D eigenvalue weighted by Gasteiger charge is -2.09. The van der Waals surface area contributed by atoms with Crippen molar-refractivity contribution in [2.75, 3.05) is 24.3 Å². The van der Waals surface area contributed by atoms with Crippen LogP contribution in [0.5, 0.6) is 11.5 Å². The first-order chi connectivity index (χ1) is 16.3. The van der Waals surface area contributed by atoms with Gasteiger partial charge in [0.15, 0.2) is 0 Å². The Morgan fingerprint density at radius 2 is 1.85 bits per heavy atom. The maximum Gasteiger partial charge on any atom is 0.268 e. The Morgan fingerprint density at radius 1 is 1.15 bits per heavy atom. The van der Waals surface area contributed by atoms with E-state index < -0.39 is 15.7 Å². The molecule has 0 spiro atoms. The quantitative estimate of drug-likeness (QED) is 0.255. The molecule has 0 fully saturated rings. The van der Waals surface area contributed by atoms with Crippen molar-refractivity contribution in [1.82, 2.24) is 9.36 Å². The Labute approximate surface area is 201 Å². The second-order valence-electron chi connectivity index (χ2n) is 6.99. The lowest BCUT2D eigenvalue weighted by atomic mass is 10.1. The summed E-state index contributed by atoms with van der Waals surface area (Å²) in [4.78, 5) is 16.2. The lowest BCUT2D eigenvalue weighted by Crippen LogP contribution is -2.13. The number of carbonyl (C=O) groups excluding carboxylic acids is 1. The number of hydrogen-bond donors (Lipinski definition) is 1. The molecule has 0 saturated carbocycles. The van der Waals surface area contributed by atoms with Crippen molar-refractivity contribution in [2.24, 2.45) is 0 Å². The van der Waals surface area contributed by atoms with Crippen molar-refractivity contribution in [3.05, 3.63) is 65.2 Å². The van der Waals surface area contributed by atoms with E-state index >= 15 is 0 Å². The van der Waals surface area contributed by atoms with Crippen molar-refractivity contribution in [1.29, 1.82) is 5.26 Å². The van der Waals surface area contributed by atoms with Crippen LogP contribution in [0.1, 0.15) is 18.1 Å². The molecule has 176 valence electrons. The Kier molecular flexibility index (Phi) is 8.34. The molecule has 0 aliphatic carbocycles. The molecule has 34 heavy (non-hydrogen) atoms. The molecule has 3 aromatic rings. The van der Waals surface area contributed by atoms with Gasteiger partial charge in [0, 0.05) is 11.5 Å². The van der Waals surface area contributed by atoms with Gasteiger partial charge in [-0.1, -0.05) is 31.2 Å². The molecule has 1 heterocycles. The molecule has 0 radical (unpaired) electrons. The van der Waals surface area contributed by atoms with Gasteiger partial charge in [0.2, 0.25) is 15.0 Å². The number of nitrogens with one attached hydrogen (secondary N) is 1. The van der Waals surface area contributed by atoms with E-state index in [2.05, 4.69) is 14.7 Å². The number of hydrogen-bond acceptors (Lipinski definition) is 9. The monoisotopic (exact) mass is 498 g/mol. The molecule has 11 heteroatoms. The molecule has 1 amide bonds. The zero-order valence-electron chi connectivity index (χ0n) is 18.5. The number of aromatic nitrogens is 2. The third kappa shape index (κ3) is 6.87. The number of carbonyl (C=O) groups is 1. The van der Waals surface area contributed by atoms with Gasteiger partial charge >= 0.3 is 0 Å². The smallest absolute Gasteiger partial charge is 0.268 e. The van der Waals surface area contributed by atoms with Crippen molar-refractivity contribution < 1.29 is 22.7 Å². The summed E-state index contributed by atoms with van der Waals surface area (Å²) in [5.74, 6) is 0.530. The van der Waals surface area contributed by atoms with Crippen molar-refractivity contribution in [2.45, 2.75) is 19.0 Å². The minimum atomic E-state index is -3.58. The molecule has 1 aromatic heterocycles. The average molecular weight is 499 g/mol. The fourth-order valence-electron chi connectivity index (χ4n) is 2.68. The molecule has 9 nitrogen and oxygen atoms in total. The summed E-state index contributed by atoms with van der Waals surface area (Å²) in [6.45, 7) is 4.21. The second-order valence-corrected chi connectivity index (χ2v) is 9.92. The average Bonchev–Trinajstić information content (AvgIpc) is 3.30. The van der Waals surface area contributed by atoms with Gasteiger partial charge < -0.3 is 9.47 Å². The Hall–Kier alpha value is -3.75. The zero-order chi connectivity index (χ0) is 24.6. The van der Waals surface area contributed by atoms with Crippen LogP contribution in [-0.2, 0) is 14.6 Å². The number of anilines is 1. The maximum atomic E-state index is 12.4. The summed E-state index contributed by atoms with van der Waals surface area (Å²) in [7, 11) is -3.58. The number of benzene rings is 2. The molecule has 1 N–H and O–H groups in total.